The molecule has 1 aliphatic heterocycles. The van der Waals surface area contributed by atoms with Crippen molar-refractivity contribution in [3.05, 3.63) is 102 Å². The summed E-state index contributed by atoms with van der Waals surface area (Å²) in [4.78, 5) is 2.39. The lowest BCUT2D eigenvalue weighted by atomic mass is 9.89. The zero-order valence-electron chi connectivity index (χ0n) is 16.8. The lowest BCUT2D eigenvalue weighted by Crippen LogP contribution is -2.30. The van der Waals surface area contributed by atoms with E-state index >= 15 is 0 Å². The molecule has 1 heterocycles. The van der Waals surface area contributed by atoms with E-state index in [0.717, 1.165) is 34.9 Å². The van der Waals surface area contributed by atoms with E-state index in [9.17, 15) is 0 Å². The molecule has 0 saturated heterocycles. The smallest absolute Gasteiger partial charge is 0.119 e. The Morgan fingerprint density at radius 2 is 1.48 bits per heavy atom. The SMILES string of the molecule is C=CCC1c2ccccc2C=C(c2ccc(OC)cc2)N1c1ccc(OC)cc1. The minimum atomic E-state index is 0.166. The molecule has 3 heteroatoms. The molecule has 29 heavy (non-hydrogen) atoms. The largest absolute Gasteiger partial charge is 0.497 e. The number of methoxy groups -OCH3 is 2. The van der Waals surface area contributed by atoms with Crippen molar-refractivity contribution >= 4 is 17.5 Å². The van der Waals surface area contributed by atoms with Gasteiger partial charge in [0.1, 0.15) is 11.5 Å². The number of anilines is 1. The first kappa shape index (κ1) is 18.9. The monoisotopic (exact) mass is 383 g/mol. The van der Waals surface area contributed by atoms with Crippen LogP contribution in [0.2, 0.25) is 0 Å². The van der Waals surface area contributed by atoms with Gasteiger partial charge in [0.25, 0.3) is 0 Å². The molecule has 0 N–H and O–H groups in total. The fourth-order valence-electron chi connectivity index (χ4n) is 3.91. The first-order chi connectivity index (χ1) is 14.2. The summed E-state index contributed by atoms with van der Waals surface area (Å²) in [6.07, 6.45) is 5.10. The third kappa shape index (κ3) is 3.64. The summed E-state index contributed by atoms with van der Waals surface area (Å²) in [5.74, 6) is 1.70. The van der Waals surface area contributed by atoms with Gasteiger partial charge < -0.3 is 14.4 Å². The van der Waals surface area contributed by atoms with Crippen LogP contribution in [0.4, 0.5) is 5.69 Å². The van der Waals surface area contributed by atoms with Crippen LogP contribution in [-0.4, -0.2) is 14.2 Å². The molecule has 0 amide bonds. The second-order valence-electron chi connectivity index (χ2n) is 7.00. The molecule has 0 aliphatic carbocycles. The summed E-state index contributed by atoms with van der Waals surface area (Å²) in [6, 6.07) is 25.2. The molecular weight excluding hydrogens is 358 g/mol. The van der Waals surface area contributed by atoms with E-state index in [4.69, 9.17) is 9.47 Å². The summed E-state index contributed by atoms with van der Waals surface area (Å²) >= 11 is 0. The van der Waals surface area contributed by atoms with Crippen molar-refractivity contribution in [1.82, 2.24) is 0 Å². The first-order valence-electron chi connectivity index (χ1n) is 9.74. The molecule has 3 aromatic rings. The van der Waals surface area contributed by atoms with Crippen LogP contribution >= 0.6 is 0 Å². The molecule has 0 radical (unpaired) electrons. The standard InChI is InChI=1S/C26H25NO2/c1-4-7-25-24-9-6-5-8-20(24)18-26(19-10-14-22(28-2)15-11-19)27(25)21-12-16-23(29-3)17-13-21/h4-6,8-18,25H,1,7H2,2-3H3. The predicted molar refractivity (Wildman–Crippen MR) is 120 cm³/mol. The van der Waals surface area contributed by atoms with E-state index in [1.807, 2.05) is 30.3 Å². The number of hydrogen-bond acceptors (Lipinski definition) is 3. The molecule has 3 aromatic carbocycles. The van der Waals surface area contributed by atoms with Gasteiger partial charge in [0.15, 0.2) is 0 Å². The summed E-state index contributed by atoms with van der Waals surface area (Å²) in [5.41, 5.74) is 5.97. The Bertz CT molecular complexity index is 1020. The fourth-order valence-corrected chi connectivity index (χ4v) is 3.91. The third-order valence-electron chi connectivity index (χ3n) is 5.34. The Balaban J connectivity index is 1.89. The van der Waals surface area contributed by atoms with Gasteiger partial charge in [-0.3, -0.25) is 0 Å². The quantitative estimate of drug-likeness (QED) is 0.464. The molecule has 0 saturated carbocycles. The van der Waals surface area contributed by atoms with Gasteiger partial charge >= 0.3 is 0 Å². The zero-order valence-corrected chi connectivity index (χ0v) is 16.8. The van der Waals surface area contributed by atoms with Crippen molar-refractivity contribution in [2.45, 2.75) is 12.5 Å². The van der Waals surface area contributed by atoms with Crippen molar-refractivity contribution in [3.63, 3.8) is 0 Å². The molecule has 4 rings (SSSR count). The van der Waals surface area contributed by atoms with Crippen LogP contribution in [0.3, 0.4) is 0 Å². The molecule has 0 fully saturated rings. The molecule has 1 unspecified atom stereocenters. The average molecular weight is 383 g/mol. The van der Waals surface area contributed by atoms with E-state index < -0.39 is 0 Å². The lowest BCUT2D eigenvalue weighted by molar-refractivity contribution is 0.414. The molecule has 0 spiro atoms. The summed E-state index contributed by atoms with van der Waals surface area (Å²) in [6.45, 7) is 4.02. The van der Waals surface area contributed by atoms with Gasteiger partial charge in [-0.15, -0.1) is 6.58 Å². The second-order valence-corrected chi connectivity index (χ2v) is 7.00. The van der Waals surface area contributed by atoms with Crippen LogP contribution in [0, 0.1) is 0 Å². The van der Waals surface area contributed by atoms with E-state index in [1.165, 1.54) is 11.1 Å². The molecule has 1 aliphatic rings. The highest BCUT2D eigenvalue weighted by atomic mass is 16.5. The van der Waals surface area contributed by atoms with Gasteiger partial charge in [0, 0.05) is 11.4 Å². The van der Waals surface area contributed by atoms with Gasteiger partial charge in [-0.2, -0.15) is 0 Å². The van der Waals surface area contributed by atoms with Crippen LogP contribution in [0.25, 0.3) is 11.8 Å². The zero-order chi connectivity index (χ0) is 20.2. The van der Waals surface area contributed by atoms with Crippen molar-refractivity contribution in [2.75, 3.05) is 19.1 Å². The van der Waals surface area contributed by atoms with Gasteiger partial charge in [0.2, 0.25) is 0 Å². The first-order valence-corrected chi connectivity index (χ1v) is 9.74. The van der Waals surface area contributed by atoms with Crippen molar-refractivity contribution in [1.29, 1.82) is 0 Å². The Morgan fingerprint density at radius 1 is 0.862 bits per heavy atom. The number of benzene rings is 3. The van der Waals surface area contributed by atoms with Gasteiger partial charge in [-0.1, -0.05) is 30.3 Å². The Hall–Kier alpha value is -3.46. The Labute approximate surface area is 172 Å². The molecule has 3 nitrogen and oxygen atoms in total. The van der Waals surface area contributed by atoms with Crippen molar-refractivity contribution in [3.8, 4) is 11.5 Å². The highest BCUT2D eigenvalue weighted by Crippen LogP contribution is 2.44. The normalized spacial score (nSPS) is 15.3. The van der Waals surface area contributed by atoms with Crippen LogP contribution in [0.15, 0.2) is 85.5 Å². The number of ether oxygens (including phenoxy) is 2. The summed E-state index contributed by atoms with van der Waals surface area (Å²) in [5, 5.41) is 0. The van der Waals surface area contributed by atoms with E-state index in [0.29, 0.717) is 0 Å². The third-order valence-corrected chi connectivity index (χ3v) is 5.34. The van der Waals surface area contributed by atoms with Gasteiger partial charge in [-0.25, -0.2) is 0 Å². The highest BCUT2D eigenvalue weighted by Gasteiger charge is 2.29. The summed E-state index contributed by atoms with van der Waals surface area (Å²) in [7, 11) is 3.38. The van der Waals surface area contributed by atoms with Crippen LogP contribution < -0.4 is 14.4 Å². The molecule has 146 valence electrons. The van der Waals surface area contributed by atoms with Crippen LogP contribution in [-0.2, 0) is 0 Å². The minimum absolute atomic E-state index is 0.166. The maximum absolute atomic E-state index is 5.36. The number of nitrogens with zero attached hydrogens (tertiary/aromatic N) is 1. The molecule has 0 bridgehead atoms. The predicted octanol–water partition coefficient (Wildman–Crippen LogP) is 6.34. The highest BCUT2D eigenvalue weighted by molar-refractivity contribution is 5.94. The maximum Gasteiger partial charge on any atom is 0.119 e. The van der Waals surface area contributed by atoms with E-state index in [-0.39, 0.29) is 6.04 Å². The summed E-state index contributed by atoms with van der Waals surface area (Å²) < 4.78 is 10.7. The van der Waals surface area contributed by atoms with Crippen molar-refractivity contribution in [2.24, 2.45) is 0 Å². The minimum Gasteiger partial charge on any atom is -0.497 e. The number of hydrogen-bond donors (Lipinski definition) is 0. The van der Waals surface area contributed by atoms with Gasteiger partial charge in [0.05, 0.1) is 20.3 Å². The fraction of sp³-hybridized carbons (Fsp3) is 0.154. The second kappa shape index (κ2) is 8.27. The lowest BCUT2D eigenvalue weighted by Gasteiger charge is -2.39. The topological polar surface area (TPSA) is 21.7 Å². The van der Waals surface area contributed by atoms with Crippen LogP contribution in [0.1, 0.15) is 29.2 Å². The Morgan fingerprint density at radius 3 is 2.10 bits per heavy atom. The molecule has 0 aromatic heterocycles. The molecular formula is C26H25NO2. The average Bonchev–Trinajstić information content (AvgIpc) is 2.79. The van der Waals surface area contributed by atoms with Gasteiger partial charge in [-0.05, 0) is 77.7 Å². The van der Waals surface area contributed by atoms with Crippen LogP contribution in [0.5, 0.6) is 11.5 Å². The maximum atomic E-state index is 5.36. The Kier molecular flexibility index (Phi) is 5.39. The van der Waals surface area contributed by atoms with E-state index in [2.05, 4.69) is 66.1 Å². The molecule has 1 atom stereocenters. The van der Waals surface area contributed by atoms with Crippen molar-refractivity contribution < 1.29 is 9.47 Å². The number of fused-ring (bicyclic) bond motifs is 1. The number of rotatable bonds is 6. The van der Waals surface area contributed by atoms with E-state index in [1.54, 1.807) is 14.2 Å².